The van der Waals surface area contributed by atoms with Crippen LogP contribution >= 0.6 is 0 Å². The van der Waals surface area contributed by atoms with Gasteiger partial charge in [-0.15, -0.1) is 0 Å². The first-order chi connectivity index (χ1) is 11.0. The Morgan fingerprint density at radius 2 is 1.74 bits per heavy atom. The fourth-order valence-corrected chi connectivity index (χ4v) is 3.58. The summed E-state index contributed by atoms with van der Waals surface area (Å²) in [5, 5.41) is 0. The summed E-state index contributed by atoms with van der Waals surface area (Å²) in [5.74, 6) is 1.83. The molecule has 0 aliphatic heterocycles. The zero-order valence-electron chi connectivity index (χ0n) is 14.1. The summed E-state index contributed by atoms with van der Waals surface area (Å²) in [7, 11) is 3.25. The number of Topliss-reactive ketones (excluding diaryl/α,β-unsaturated/α-hetero) is 1. The van der Waals surface area contributed by atoms with Gasteiger partial charge in [-0.1, -0.05) is 44.2 Å². The highest BCUT2D eigenvalue weighted by molar-refractivity contribution is 6.05. The molecule has 0 bridgehead atoms. The predicted octanol–water partition coefficient (Wildman–Crippen LogP) is 4.25. The van der Waals surface area contributed by atoms with Crippen molar-refractivity contribution in [3.8, 4) is 11.5 Å². The molecule has 0 saturated heterocycles. The minimum Gasteiger partial charge on any atom is -0.493 e. The van der Waals surface area contributed by atoms with Crippen LogP contribution in [0.5, 0.6) is 11.5 Å². The van der Waals surface area contributed by atoms with Gasteiger partial charge in [0.1, 0.15) is 0 Å². The average Bonchev–Trinajstić information content (AvgIpc) is 2.77. The van der Waals surface area contributed by atoms with Gasteiger partial charge in [-0.05, 0) is 35.6 Å². The van der Waals surface area contributed by atoms with Crippen LogP contribution in [0.1, 0.15) is 41.3 Å². The van der Waals surface area contributed by atoms with E-state index >= 15 is 0 Å². The summed E-state index contributed by atoms with van der Waals surface area (Å²) < 4.78 is 10.7. The Morgan fingerprint density at radius 3 is 2.39 bits per heavy atom. The second-order valence-corrected chi connectivity index (χ2v) is 6.42. The Hall–Kier alpha value is -2.29. The number of hydrogen-bond acceptors (Lipinski definition) is 3. The number of carbonyl (C=O) groups excluding carboxylic acids is 1. The van der Waals surface area contributed by atoms with Gasteiger partial charge in [0.2, 0.25) is 0 Å². The van der Waals surface area contributed by atoms with E-state index in [2.05, 4.69) is 19.9 Å². The van der Waals surface area contributed by atoms with Crippen molar-refractivity contribution >= 4 is 5.78 Å². The fraction of sp³-hybridized carbons (Fsp3) is 0.350. The minimum absolute atomic E-state index is 0.194. The third kappa shape index (κ3) is 2.40. The van der Waals surface area contributed by atoms with Gasteiger partial charge in [0.15, 0.2) is 17.3 Å². The van der Waals surface area contributed by atoms with E-state index in [1.165, 1.54) is 0 Å². The molecule has 23 heavy (non-hydrogen) atoms. The Kier molecular flexibility index (Phi) is 3.88. The number of ether oxygens (including phenoxy) is 2. The summed E-state index contributed by atoms with van der Waals surface area (Å²) in [6.45, 7) is 4.21. The Bertz CT molecular complexity index is 750. The Labute approximate surface area is 137 Å². The highest BCUT2D eigenvalue weighted by Crippen LogP contribution is 2.48. The van der Waals surface area contributed by atoms with E-state index < -0.39 is 5.41 Å². The fourth-order valence-electron chi connectivity index (χ4n) is 3.58. The molecule has 120 valence electrons. The molecule has 2 aromatic carbocycles. The minimum atomic E-state index is -0.427. The monoisotopic (exact) mass is 310 g/mol. The first-order valence-corrected chi connectivity index (χ1v) is 7.86. The first kappa shape index (κ1) is 15.6. The lowest BCUT2D eigenvalue weighted by Crippen LogP contribution is -2.29. The Morgan fingerprint density at radius 1 is 1.04 bits per heavy atom. The van der Waals surface area contributed by atoms with Gasteiger partial charge in [-0.3, -0.25) is 4.79 Å². The molecule has 2 atom stereocenters. The van der Waals surface area contributed by atoms with Gasteiger partial charge in [0.25, 0.3) is 0 Å². The summed E-state index contributed by atoms with van der Waals surface area (Å²) in [4.78, 5) is 13.0. The van der Waals surface area contributed by atoms with E-state index in [-0.39, 0.29) is 11.7 Å². The van der Waals surface area contributed by atoms with Gasteiger partial charge >= 0.3 is 0 Å². The number of rotatable bonds is 4. The highest BCUT2D eigenvalue weighted by atomic mass is 16.5. The van der Waals surface area contributed by atoms with E-state index in [0.717, 1.165) is 16.7 Å². The molecule has 1 aliphatic carbocycles. The molecule has 0 radical (unpaired) electrons. The lowest BCUT2D eigenvalue weighted by Gasteiger charge is -2.28. The van der Waals surface area contributed by atoms with Crippen molar-refractivity contribution in [1.82, 2.24) is 0 Å². The van der Waals surface area contributed by atoms with E-state index in [0.29, 0.717) is 17.9 Å². The smallest absolute Gasteiger partial charge is 0.169 e. The number of fused-ring (bicyclic) bond motifs is 1. The highest BCUT2D eigenvalue weighted by Gasteiger charge is 2.47. The molecule has 0 spiro atoms. The topological polar surface area (TPSA) is 35.5 Å². The number of ketones is 1. The number of hydrogen-bond donors (Lipinski definition) is 0. The molecule has 3 rings (SSSR count). The van der Waals surface area contributed by atoms with Crippen LogP contribution in [0.2, 0.25) is 0 Å². The average molecular weight is 310 g/mol. The lowest BCUT2D eigenvalue weighted by atomic mass is 9.73. The Balaban J connectivity index is 1.96. The summed E-state index contributed by atoms with van der Waals surface area (Å²) in [6.07, 6.45) is 0.683. The summed E-state index contributed by atoms with van der Waals surface area (Å²) in [6, 6.07) is 13.8. The number of benzene rings is 2. The van der Waals surface area contributed by atoms with Crippen LogP contribution in [0.3, 0.4) is 0 Å². The molecule has 3 heteroatoms. The van der Waals surface area contributed by atoms with Crippen molar-refractivity contribution in [2.45, 2.75) is 26.2 Å². The zero-order chi connectivity index (χ0) is 16.6. The normalized spacial score (nSPS) is 22.8. The second kappa shape index (κ2) is 5.73. The van der Waals surface area contributed by atoms with Crippen LogP contribution in [0.15, 0.2) is 42.5 Å². The van der Waals surface area contributed by atoms with Crippen molar-refractivity contribution in [1.29, 1.82) is 0 Å². The molecule has 2 unspecified atom stereocenters. The molecule has 0 fully saturated rings. The molecule has 0 N–H and O–H groups in total. The molecule has 2 aromatic rings. The van der Waals surface area contributed by atoms with Gasteiger partial charge in [-0.2, -0.15) is 0 Å². The van der Waals surface area contributed by atoms with Crippen LogP contribution in [0.4, 0.5) is 0 Å². The van der Waals surface area contributed by atoms with Crippen molar-refractivity contribution in [3.05, 3.63) is 59.2 Å². The van der Waals surface area contributed by atoms with E-state index in [1.807, 2.05) is 36.4 Å². The van der Waals surface area contributed by atoms with Crippen molar-refractivity contribution in [2.24, 2.45) is 5.41 Å². The van der Waals surface area contributed by atoms with E-state index in [4.69, 9.17) is 9.47 Å². The predicted molar refractivity (Wildman–Crippen MR) is 90.5 cm³/mol. The maximum Gasteiger partial charge on any atom is 0.169 e. The number of carbonyl (C=O) groups is 1. The van der Waals surface area contributed by atoms with E-state index in [9.17, 15) is 4.79 Å². The van der Waals surface area contributed by atoms with Gasteiger partial charge < -0.3 is 9.47 Å². The lowest BCUT2D eigenvalue weighted by molar-refractivity contribution is 0.0815. The maximum atomic E-state index is 13.0. The SMILES string of the molecule is COc1ccc(CC2(C)C(=O)c3ccccc3C2C)cc1OC. The third-order valence-electron chi connectivity index (χ3n) is 5.17. The van der Waals surface area contributed by atoms with Gasteiger partial charge in [-0.25, -0.2) is 0 Å². The van der Waals surface area contributed by atoms with Crippen LogP contribution in [-0.4, -0.2) is 20.0 Å². The molecule has 3 nitrogen and oxygen atoms in total. The number of methoxy groups -OCH3 is 2. The summed E-state index contributed by atoms with van der Waals surface area (Å²) >= 11 is 0. The molecule has 0 amide bonds. The van der Waals surface area contributed by atoms with Crippen LogP contribution < -0.4 is 9.47 Å². The van der Waals surface area contributed by atoms with Crippen molar-refractivity contribution in [2.75, 3.05) is 14.2 Å². The standard InChI is InChI=1S/C20H22O3/c1-13-15-7-5-6-8-16(15)19(21)20(13,2)12-14-9-10-17(22-3)18(11-14)23-4/h5-11,13H,12H2,1-4H3. The molecule has 1 aliphatic rings. The summed E-state index contributed by atoms with van der Waals surface area (Å²) in [5.41, 5.74) is 2.67. The van der Waals surface area contributed by atoms with Gasteiger partial charge in [0.05, 0.1) is 14.2 Å². The molecular weight excluding hydrogens is 288 g/mol. The molecular formula is C20H22O3. The molecule has 0 aromatic heterocycles. The van der Waals surface area contributed by atoms with Crippen LogP contribution in [0, 0.1) is 5.41 Å². The third-order valence-corrected chi connectivity index (χ3v) is 5.17. The van der Waals surface area contributed by atoms with Gasteiger partial charge in [0, 0.05) is 11.0 Å². The molecule has 0 heterocycles. The van der Waals surface area contributed by atoms with Crippen LogP contribution in [0.25, 0.3) is 0 Å². The van der Waals surface area contributed by atoms with Crippen molar-refractivity contribution < 1.29 is 14.3 Å². The quantitative estimate of drug-likeness (QED) is 0.847. The largest absolute Gasteiger partial charge is 0.493 e. The maximum absolute atomic E-state index is 13.0. The van der Waals surface area contributed by atoms with E-state index in [1.54, 1.807) is 14.2 Å². The zero-order valence-corrected chi connectivity index (χ0v) is 14.1. The second-order valence-electron chi connectivity index (χ2n) is 6.42. The van der Waals surface area contributed by atoms with Crippen molar-refractivity contribution in [3.63, 3.8) is 0 Å². The first-order valence-electron chi connectivity index (χ1n) is 7.86. The molecule has 0 saturated carbocycles. The van der Waals surface area contributed by atoms with Crippen LogP contribution in [-0.2, 0) is 6.42 Å².